The zero-order valence-electron chi connectivity index (χ0n) is 14.0. The lowest BCUT2D eigenvalue weighted by atomic mass is 9.95. The van der Waals surface area contributed by atoms with E-state index in [-0.39, 0.29) is 60.6 Å². The number of piperidine rings is 1. The molecule has 0 spiro atoms. The SMILES string of the molecule is CC1CCNCC1NC(=O)CCNc1ncc(C(F)(F)F)cc1Cl.Cl.Cl. The minimum atomic E-state index is -4.49. The number of hydrogen-bond acceptors (Lipinski definition) is 4. The van der Waals surface area contributed by atoms with E-state index in [1.54, 1.807) is 0 Å². The van der Waals surface area contributed by atoms with Gasteiger partial charge in [-0.25, -0.2) is 4.98 Å². The van der Waals surface area contributed by atoms with Gasteiger partial charge in [-0.15, -0.1) is 24.8 Å². The van der Waals surface area contributed by atoms with E-state index in [9.17, 15) is 18.0 Å². The smallest absolute Gasteiger partial charge is 0.368 e. The first kappa shape index (κ1) is 25.0. The number of anilines is 1. The Morgan fingerprint density at radius 2 is 2.12 bits per heavy atom. The van der Waals surface area contributed by atoms with Gasteiger partial charge in [0.1, 0.15) is 5.82 Å². The number of nitrogens with zero attached hydrogens (tertiary/aromatic N) is 1. The Kier molecular flexibility index (Phi) is 10.6. The van der Waals surface area contributed by atoms with Crippen molar-refractivity contribution in [2.45, 2.75) is 32.0 Å². The average Bonchev–Trinajstić information content (AvgIpc) is 2.50. The van der Waals surface area contributed by atoms with Crippen LogP contribution in [0.1, 0.15) is 25.3 Å². The summed E-state index contributed by atoms with van der Waals surface area (Å²) in [6, 6.07) is 0.908. The van der Waals surface area contributed by atoms with Gasteiger partial charge in [0, 0.05) is 31.7 Å². The molecule has 0 saturated carbocycles. The summed E-state index contributed by atoms with van der Waals surface area (Å²) in [6.07, 6.45) is -2.58. The Bertz CT molecular complexity index is 590. The van der Waals surface area contributed by atoms with Gasteiger partial charge in [-0.3, -0.25) is 4.79 Å². The molecule has 2 rings (SSSR count). The molecule has 26 heavy (non-hydrogen) atoms. The summed E-state index contributed by atoms with van der Waals surface area (Å²) < 4.78 is 37.6. The van der Waals surface area contributed by atoms with E-state index in [0.29, 0.717) is 12.1 Å². The van der Waals surface area contributed by atoms with E-state index in [4.69, 9.17) is 11.6 Å². The summed E-state index contributed by atoms with van der Waals surface area (Å²) in [5, 5.41) is 8.84. The zero-order chi connectivity index (χ0) is 17.7. The van der Waals surface area contributed by atoms with Crippen LogP contribution in [0.4, 0.5) is 19.0 Å². The van der Waals surface area contributed by atoms with E-state index in [1.807, 2.05) is 0 Å². The Morgan fingerprint density at radius 3 is 2.69 bits per heavy atom. The van der Waals surface area contributed by atoms with Crippen LogP contribution in [-0.2, 0) is 11.0 Å². The van der Waals surface area contributed by atoms with Crippen molar-refractivity contribution < 1.29 is 18.0 Å². The molecule has 3 N–H and O–H groups in total. The second kappa shape index (κ2) is 11.0. The van der Waals surface area contributed by atoms with E-state index in [0.717, 1.165) is 25.6 Å². The predicted molar refractivity (Wildman–Crippen MR) is 100 cm³/mol. The molecule has 1 fully saturated rings. The molecule has 0 bridgehead atoms. The molecule has 1 aromatic heterocycles. The summed E-state index contributed by atoms with van der Waals surface area (Å²) in [6.45, 7) is 4.02. The van der Waals surface area contributed by atoms with E-state index in [2.05, 4.69) is 27.9 Å². The Balaban J connectivity index is 0.00000312. The lowest BCUT2D eigenvalue weighted by molar-refractivity contribution is -0.137. The number of nitrogens with one attached hydrogen (secondary N) is 3. The minimum Gasteiger partial charge on any atom is -0.368 e. The molecule has 0 aliphatic carbocycles. The van der Waals surface area contributed by atoms with Crippen LogP contribution in [-0.4, -0.2) is 36.6 Å². The number of alkyl halides is 3. The van der Waals surface area contributed by atoms with Crippen molar-refractivity contribution in [1.82, 2.24) is 15.6 Å². The molecular weight excluding hydrogens is 416 g/mol. The molecule has 0 aromatic carbocycles. The monoisotopic (exact) mass is 436 g/mol. The summed E-state index contributed by atoms with van der Waals surface area (Å²) in [4.78, 5) is 15.6. The first-order valence-corrected chi connectivity index (χ1v) is 8.12. The van der Waals surface area contributed by atoms with Gasteiger partial charge in [0.15, 0.2) is 0 Å². The van der Waals surface area contributed by atoms with Gasteiger partial charge >= 0.3 is 6.18 Å². The largest absolute Gasteiger partial charge is 0.417 e. The van der Waals surface area contributed by atoms with Crippen LogP contribution in [0.3, 0.4) is 0 Å². The number of halogens is 6. The number of aromatic nitrogens is 1. The van der Waals surface area contributed by atoms with Crippen molar-refractivity contribution in [1.29, 1.82) is 0 Å². The standard InChI is InChI=1S/C15H20ClF3N4O.2ClH/c1-9-2-4-20-8-12(9)23-13(24)3-5-21-14-11(16)6-10(7-22-14)15(17,18)19;;/h6-7,9,12,20H,2-5,8H2,1H3,(H,21,22)(H,23,24);2*1H. The molecule has 150 valence electrons. The molecule has 1 aliphatic heterocycles. The molecule has 1 aromatic rings. The van der Waals surface area contributed by atoms with Crippen LogP contribution in [0.2, 0.25) is 5.02 Å². The van der Waals surface area contributed by atoms with Crippen LogP contribution in [0, 0.1) is 5.92 Å². The maximum atomic E-state index is 12.5. The van der Waals surface area contributed by atoms with Crippen molar-refractivity contribution >= 4 is 48.1 Å². The van der Waals surface area contributed by atoms with Gasteiger partial charge in [-0.05, 0) is 24.9 Å². The summed E-state index contributed by atoms with van der Waals surface area (Å²) in [7, 11) is 0. The fraction of sp³-hybridized carbons (Fsp3) is 0.600. The van der Waals surface area contributed by atoms with Gasteiger partial charge in [0.2, 0.25) is 5.91 Å². The molecule has 1 amide bonds. The molecule has 2 atom stereocenters. The molecule has 1 saturated heterocycles. The third-order valence-electron chi connectivity index (χ3n) is 3.99. The van der Waals surface area contributed by atoms with Crippen molar-refractivity contribution in [2.75, 3.05) is 25.0 Å². The third-order valence-corrected chi connectivity index (χ3v) is 4.28. The molecule has 5 nitrogen and oxygen atoms in total. The van der Waals surface area contributed by atoms with Crippen LogP contribution in [0.15, 0.2) is 12.3 Å². The quantitative estimate of drug-likeness (QED) is 0.659. The predicted octanol–water partition coefficient (Wildman–Crippen LogP) is 3.51. The van der Waals surface area contributed by atoms with Gasteiger partial charge in [0.25, 0.3) is 0 Å². The Morgan fingerprint density at radius 1 is 1.42 bits per heavy atom. The summed E-state index contributed by atoms with van der Waals surface area (Å²) >= 11 is 5.79. The van der Waals surface area contributed by atoms with Crippen molar-refractivity contribution in [2.24, 2.45) is 5.92 Å². The first-order valence-electron chi connectivity index (χ1n) is 7.74. The Labute approximate surface area is 167 Å². The second-order valence-corrected chi connectivity index (χ2v) is 6.28. The van der Waals surface area contributed by atoms with Crippen molar-refractivity contribution in [3.8, 4) is 0 Å². The maximum Gasteiger partial charge on any atom is 0.417 e. The van der Waals surface area contributed by atoms with Gasteiger partial charge in [-0.1, -0.05) is 18.5 Å². The van der Waals surface area contributed by atoms with Crippen LogP contribution in [0.5, 0.6) is 0 Å². The topological polar surface area (TPSA) is 66.0 Å². The average molecular weight is 438 g/mol. The zero-order valence-corrected chi connectivity index (χ0v) is 16.4. The highest BCUT2D eigenvalue weighted by Gasteiger charge is 2.31. The van der Waals surface area contributed by atoms with Gasteiger partial charge in [0.05, 0.1) is 10.6 Å². The van der Waals surface area contributed by atoms with Crippen LogP contribution >= 0.6 is 36.4 Å². The molecular formula is C15H22Cl3F3N4O. The Hall–Kier alpha value is -0.960. The first-order chi connectivity index (χ1) is 11.3. The van der Waals surface area contributed by atoms with Crippen LogP contribution < -0.4 is 16.0 Å². The lowest BCUT2D eigenvalue weighted by Crippen LogP contribution is -2.50. The maximum absolute atomic E-state index is 12.5. The summed E-state index contributed by atoms with van der Waals surface area (Å²) in [5.41, 5.74) is -0.908. The summed E-state index contributed by atoms with van der Waals surface area (Å²) in [5.74, 6) is 0.422. The molecule has 2 heterocycles. The minimum absolute atomic E-state index is 0. The molecule has 1 aliphatic rings. The number of hydrogen-bond donors (Lipinski definition) is 3. The number of amides is 1. The fourth-order valence-corrected chi connectivity index (χ4v) is 2.71. The third kappa shape index (κ3) is 7.34. The second-order valence-electron chi connectivity index (χ2n) is 5.87. The van der Waals surface area contributed by atoms with E-state index >= 15 is 0 Å². The number of rotatable bonds is 5. The fourth-order valence-electron chi connectivity index (χ4n) is 2.48. The number of carbonyl (C=O) groups is 1. The number of carbonyl (C=O) groups excluding carboxylic acids is 1. The highest BCUT2D eigenvalue weighted by Crippen LogP contribution is 2.32. The lowest BCUT2D eigenvalue weighted by Gasteiger charge is -2.30. The van der Waals surface area contributed by atoms with Crippen molar-refractivity contribution in [3.05, 3.63) is 22.8 Å². The van der Waals surface area contributed by atoms with E-state index < -0.39 is 11.7 Å². The van der Waals surface area contributed by atoms with Gasteiger partial charge in [-0.2, -0.15) is 13.2 Å². The van der Waals surface area contributed by atoms with Gasteiger partial charge < -0.3 is 16.0 Å². The molecule has 11 heteroatoms. The molecule has 0 radical (unpaired) electrons. The molecule has 2 unspecified atom stereocenters. The van der Waals surface area contributed by atoms with E-state index in [1.165, 1.54) is 0 Å². The highest BCUT2D eigenvalue weighted by molar-refractivity contribution is 6.32. The van der Waals surface area contributed by atoms with Crippen LogP contribution in [0.25, 0.3) is 0 Å². The highest BCUT2D eigenvalue weighted by atomic mass is 35.5. The normalized spacial score (nSPS) is 19.7. The number of pyridine rings is 1. The van der Waals surface area contributed by atoms with Crippen molar-refractivity contribution in [3.63, 3.8) is 0 Å².